The van der Waals surface area contributed by atoms with Gasteiger partial charge in [-0.25, -0.2) is 4.99 Å². The summed E-state index contributed by atoms with van der Waals surface area (Å²) in [6.45, 7) is 0. The van der Waals surface area contributed by atoms with Crippen molar-refractivity contribution in [2.24, 2.45) is 10.1 Å². The molecule has 1 aliphatic rings. The highest BCUT2D eigenvalue weighted by Crippen LogP contribution is 2.37. The predicted octanol–water partition coefficient (Wildman–Crippen LogP) is 5.63. The van der Waals surface area contributed by atoms with Gasteiger partial charge in [0, 0.05) is 10.9 Å². The number of hydrogen-bond donors (Lipinski definition) is 1. The van der Waals surface area contributed by atoms with E-state index >= 15 is 0 Å². The molecule has 0 aliphatic carbocycles. The van der Waals surface area contributed by atoms with Crippen molar-refractivity contribution >= 4 is 45.8 Å². The SMILES string of the molecule is O=C(/C(=N\Nc1ccccc1)N1C=Nc2cccc3cccc1c23)c1ccccc1. The van der Waals surface area contributed by atoms with Gasteiger partial charge in [0.2, 0.25) is 11.6 Å². The first-order chi connectivity index (χ1) is 14.8. The first-order valence-electron chi connectivity index (χ1n) is 9.65. The lowest BCUT2D eigenvalue weighted by atomic mass is 10.0. The Bertz CT molecular complexity index is 1280. The Labute approximate surface area is 174 Å². The van der Waals surface area contributed by atoms with Gasteiger partial charge in [0.25, 0.3) is 0 Å². The topological polar surface area (TPSA) is 57.1 Å². The van der Waals surface area contributed by atoms with Crippen LogP contribution in [0.5, 0.6) is 0 Å². The molecule has 0 unspecified atom stereocenters. The minimum Gasteiger partial charge on any atom is -0.285 e. The van der Waals surface area contributed by atoms with Gasteiger partial charge >= 0.3 is 0 Å². The Morgan fingerprint density at radius 3 is 2.27 bits per heavy atom. The second kappa shape index (κ2) is 7.64. The second-order valence-corrected chi connectivity index (χ2v) is 6.88. The zero-order chi connectivity index (χ0) is 20.3. The number of nitrogens with one attached hydrogen (secondary N) is 1. The third-order valence-electron chi connectivity index (χ3n) is 4.96. The Hall–Kier alpha value is -4.25. The number of hydrogen-bond acceptors (Lipinski definition) is 4. The monoisotopic (exact) mass is 390 g/mol. The van der Waals surface area contributed by atoms with Gasteiger partial charge < -0.3 is 0 Å². The maximum atomic E-state index is 13.4. The fraction of sp³-hybridized carbons (Fsp3) is 0. The van der Waals surface area contributed by atoms with Gasteiger partial charge in [-0.15, -0.1) is 0 Å². The molecule has 0 saturated carbocycles. The van der Waals surface area contributed by atoms with E-state index < -0.39 is 0 Å². The van der Waals surface area contributed by atoms with Crippen LogP contribution in [0.2, 0.25) is 0 Å². The zero-order valence-corrected chi connectivity index (χ0v) is 16.1. The summed E-state index contributed by atoms with van der Waals surface area (Å²) in [7, 11) is 0. The van der Waals surface area contributed by atoms with Gasteiger partial charge in [-0.2, -0.15) is 5.10 Å². The van der Waals surface area contributed by atoms with Crippen LogP contribution in [-0.2, 0) is 0 Å². The lowest BCUT2D eigenvalue weighted by Gasteiger charge is -2.26. The molecule has 1 aliphatic heterocycles. The maximum Gasteiger partial charge on any atom is 0.230 e. The number of carbonyl (C=O) groups is 1. The van der Waals surface area contributed by atoms with E-state index in [2.05, 4.69) is 15.5 Å². The number of rotatable bonds is 4. The molecule has 0 amide bonds. The second-order valence-electron chi connectivity index (χ2n) is 6.88. The number of benzene rings is 4. The molecule has 1 heterocycles. The summed E-state index contributed by atoms with van der Waals surface area (Å²) in [5.41, 5.74) is 6.12. The molecule has 0 aromatic heterocycles. The minimum atomic E-state index is -0.193. The van der Waals surface area contributed by atoms with Crippen molar-refractivity contribution in [3.8, 4) is 0 Å². The molecule has 0 radical (unpaired) electrons. The number of anilines is 2. The first kappa shape index (κ1) is 17.8. The zero-order valence-electron chi connectivity index (χ0n) is 16.1. The first-order valence-corrected chi connectivity index (χ1v) is 9.65. The molecule has 0 saturated heterocycles. The van der Waals surface area contributed by atoms with E-state index in [0.717, 1.165) is 27.8 Å². The van der Waals surface area contributed by atoms with Crippen LogP contribution in [0, 0.1) is 0 Å². The molecule has 1 N–H and O–H groups in total. The lowest BCUT2D eigenvalue weighted by molar-refractivity contribution is 0.106. The summed E-state index contributed by atoms with van der Waals surface area (Å²) >= 11 is 0. The number of para-hydroxylation sites is 1. The number of ketones is 1. The van der Waals surface area contributed by atoms with Crippen molar-refractivity contribution in [3.63, 3.8) is 0 Å². The smallest absolute Gasteiger partial charge is 0.230 e. The van der Waals surface area contributed by atoms with Gasteiger partial charge in [0.15, 0.2) is 0 Å². The van der Waals surface area contributed by atoms with E-state index in [0.29, 0.717) is 5.56 Å². The summed E-state index contributed by atoms with van der Waals surface area (Å²) < 4.78 is 0. The maximum absolute atomic E-state index is 13.4. The molecule has 144 valence electrons. The third kappa shape index (κ3) is 3.22. The van der Waals surface area contributed by atoms with Crippen LogP contribution in [0.1, 0.15) is 10.4 Å². The summed E-state index contributed by atoms with van der Waals surface area (Å²) in [5, 5.41) is 6.57. The summed E-state index contributed by atoms with van der Waals surface area (Å²) in [4.78, 5) is 19.8. The molecular formula is C25H18N4O. The van der Waals surface area contributed by atoms with Gasteiger partial charge in [-0.3, -0.25) is 15.1 Å². The summed E-state index contributed by atoms with van der Waals surface area (Å²) in [6, 6.07) is 30.7. The Morgan fingerprint density at radius 1 is 0.800 bits per heavy atom. The average molecular weight is 390 g/mol. The number of Topliss-reactive ketones (excluding diaryl/α,β-unsaturated/α-hetero) is 1. The number of nitrogens with zero attached hydrogens (tertiary/aromatic N) is 3. The van der Waals surface area contributed by atoms with Crippen LogP contribution < -0.4 is 10.3 Å². The molecule has 4 aromatic rings. The fourth-order valence-corrected chi connectivity index (χ4v) is 3.52. The molecular weight excluding hydrogens is 372 g/mol. The van der Waals surface area contributed by atoms with E-state index in [4.69, 9.17) is 0 Å². The highest BCUT2D eigenvalue weighted by Gasteiger charge is 2.26. The van der Waals surface area contributed by atoms with Gasteiger partial charge in [0.1, 0.15) is 6.34 Å². The van der Waals surface area contributed by atoms with Crippen molar-refractivity contribution in [2.75, 3.05) is 10.3 Å². The third-order valence-corrected chi connectivity index (χ3v) is 4.96. The largest absolute Gasteiger partial charge is 0.285 e. The molecule has 5 rings (SSSR count). The summed E-state index contributed by atoms with van der Waals surface area (Å²) in [5.74, 6) is 0.0534. The van der Waals surface area contributed by atoms with E-state index in [1.807, 2.05) is 84.9 Å². The molecule has 4 aromatic carbocycles. The molecule has 0 fully saturated rings. The predicted molar refractivity (Wildman–Crippen MR) is 123 cm³/mol. The Kier molecular flexibility index (Phi) is 4.54. The van der Waals surface area contributed by atoms with Crippen LogP contribution in [0.15, 0.2) is 107 Å². The van der Waals surface area contributed by atoms with Gasteiger partial charge in [-0.05, 0) is 29.7 Å². The number of hydrazone groups is 1. The number of amidine groups is 1. The Morgan fingerprint density at radius 2 is 1.50 bits per heavy atom. The molecule has 5 heteroatoms. The van der Waals surface area contributed by atoms with Crippen LogP contribution in [0.3, 0.4) is 0 Å². The van der Waals surface area contributed by atoms with Crippen molar-refractivity contribution in [2.45, 2.75) is 0 Å². The highest BCUT2D eigenvalue weighted by atomic mass is 16.1. The normalized spacial score (nSPS) is 12.8. The van der Waals surface area contributed by atoms with Gasteiger partial charge in [-0.1, -0.05) is 72.8 Å². The highest BCUT2D eigenvalue weighted by molar-refractivity contribution is 6.53. The van der Waals surface area contributed by atoms with Crippen LogP contribution in [0.4, 0.5) is 17.1 Å². The van der Waals surface area contributed by atoms with Gasteiger partial charge in [0.05, 0.1) is 17.1 Å². The standard InChI is InChI=1S/C25H18N4O/c30-24(19-9-3-1-4-10-19)25(28-27-20-13-5-2-6-14-20)29-17-26-21-15-7-11-18-12-8-16-22(29)23(18)21/h1-17,27H/b28-25+. The van der Waals surface area contributed by atoms with Crippen molar-refractivity contribution < 1.29 is 4.79 Å². The van der Waals surface area contributed by atoms with E-state index in [1.165, 1.54) is 0 Å². The average Bonchev–Trinajstić information content (AvgIpc) is 2.82. The fourth-order valence-electron chi connectivity index (χ4n) is 3.52. The van der Waals surface area contributed by atoms with Crippen LogP contribution in [0.25, 0.3) is 10.8 Å². The van der Waals surface area contributed by atoms with Crippen LogP contribution in [-0.4, -0.2) is 18.0 Å². The van der Waals surface area contributed by atoms with Crippen molar-refractivity contribution in [1.82, 2.24) is 0 Å². The summed E-state index contributed by atoms with van der Waals surface area (Å²) in [6.07, 6.45) is 1.66. The molecule has 0 bridgehead atoms. The number of aliphatic imine (C=N–C) groups is 1. The molecule has 30 heavy (non-hydrogen) atoms. The Balaban J connectivity index is 1.63. The van der Waals surface area contributed by atoms with E-state index in [9.17, 15) is 4.79 Å². The molecule has 0 atom stereocenters. The van der Waals surface area contributed by atoms with Crippen molar-refractivity contribution in [3.05, 3.63) is 103 Å². The molecule has 5 nitrogen and oxygen atoms in total. The van der Waals surface area contributed by atoms with E-state index in [-0.39, 0.29) is 11.6 Å². The minimum absolute atomic E-state index is 0.193. The number of carbonyl (C=O) groups excluding carboxylic acids is 1. The van der Waals surface area contributed by atoms with E-state index in [1.54, 1.807) is 23.4 Å². The lowest BCUT2D eigenvalue weighted by Crippen LogP contribution is -2.37. The molecule has 0 spiro atoms. The van der Waals surface area contributed by atoms with Crippen molar-refractivity contribution in [1.29, 1.82) is 0 Å². The quantitative estimate of drug-likeness (QED) is 0.213. The van der Waals surface area contributed by atoms with Crippen LogP contribution >= 0.6 is 0 Å².